The molecule has 2 N–H and O–H groups in total. The van der Waals surface area contributed by atoms with Crippen LogP contribution in [0.5, 0.6) is 0 Å². The molecule has 104 valence electrons. The average molecular weight is 265 g/mol. The van der Waals surface area contributed by atoms with Crippen LogP contribution in [-0.4, -0.2) is 21.5 Å². The fourth-order valence-corrected chi connectivity index (χ4v) is 2.42. The summed E-state index contributed by atoms with van der Waals surface area (Å²) in [5.41, 5.74) is -1.01. The summed E-state index contributed by atoms with van der Waals surface area (Å²) in [5, 5.41) is 2.96. The molecule has 0 atom stereocenters. The summed E-state index contributed by atoms with van der Waals surface area (Å²) in [6.45, 7) is -0.0495. The van der Waals surface area contributed by atoms with Gasteiger partial charge < -0.3 is 5.32 Å². The largest absolute Gasteiger partial charge is 0.352 e. The number of H-pyrrole nitrogens is 1. The summed E-state index contributed by atoms with van der Waals surface area (Å²) in [4.78, 5) is 36.4. The molecular formula is C13H19N3O3. The van der Waals surface area contributed by atoms with Crippen molar-refractivity contribution in [2.75, 3.05) is 0 Å². The van der Waals surface area contributed by atoms with Gasteiger partial charge in [0, 0.05) is 18.3 Å². The SMILES string of the molecule is O=C(Cn1ccc(=O)[nH]c1=O)NC1CCCCCC1. The van der Waals surface area contributed by atoms with E-state index in [1.807, 2.05) is 0 Å². The summed E-state index contributed by atoms with van der Waals surface area (Å²) in [5.74, 6) is -0.180. The highest BCUT2D eigenvalue weighted by atomic mass is 16.2. The zero-order chi connectivity index (χ0) is 13.7. The van der Waals surface area contributed by atoms with Gasteiger partial charge >= 0.3 is 5.69 Å². The van der Waals surface area contributed by atoms with Crippen LogP contribution in [-0.2, 0) is 11.3 Å². The van der Waals surface area contributed by atoms with Crippen LogP contribution in [0.4, 0.5) is 0 Å². The standard InChI is InChI=1S/C13H19N3O3/c17-11-7-8-16(13(19)15-11)9-12(18)14-10-5-3-1-2-4-6-10/h7-8,10H,1-6,9H2,(H,14,18)(H,15,17,19). The third-order valence-electron chi connectivity index (χ3n) is 3.43. The zero-order valence-corrected chi connectivity index (χ0v) is 10.9. The number of rotatable bonds is 3. The molecule has 0 aliphatic heterocycles. The Morgan fingerprint density at radius 1 is 1.26 bits per heavy atom. The van der Waals surface area contributed by atoms with Crippen LogP contribution in [0.25, 0.3) is 0 Å². The first-order valence-electron chi connectivity index (χ1n) is 6.74. The predicted octanol–water partition coefficient (Wildman–Crippen LogP) is 0.376. The van der Waals surface area contributed by atoms with Gasteiger partial charge in [-0.05, 0) is 12.8 Å². The monoisotopic (exact) mass is 265 g/mol. The van der Waals surface area contributed by atoms with E-state index in [0.29, 0.717) is 0 Å². The second kappa shape index (κ2) is 6.36. The Morgan fingerprint density at radius 2 is 1.95 bits per heavy atom. The van der Waals surface area contributed by atoms with Gasteiger partial charge in [0.05, 0.1) is 0 Å². The van der Waals surface area contributed by atoms with E-state index in [4.69, 9.17) is 0 Å². The normalized spacial score (nSPS) is 16.8. The first-order chi connectivity index (χ1) is 9.15. The van der Waals surface area contributed by atoms with Crippen LogP contribution in [0.2, 0.25) is 0 Å². The third kappa shape index (κ3) is 4.08. The minimum Gasteiger partial charge on any atom is -0.352 e. The molecule has 1 saturated carbocycles. The topological polar surface area (TPSA) is 84.0 Å². The van der Waals surface area contributed by atoms with Gasteiger partial charge in [0.2, 0.25) is 5.91 Å². The number of carbonyl (C=O) groups excluding carboxylic acids is 1. The Kier molecular flexibility index (Phi) is 4.54. The molecule has 0 saturated heterocycles. The number of carbonyl (C=O) groups is 1. The van der Waals surface area contributed by atoms with Crippen molar-refractivity contribution in [3.05, 3.63) is 33.1 Å². The minimum atomic E-state index is -0.552. The molecule has 1 amide bonds. The summed E-state index contributed by atoms with van der Waals surface area (Å²) in [7, 11) is 0. The van der Waals surface area contributed by atoms with E-state index in [1.54, 1.807) is 0 Å². The fraction of sp³-hybridized carbons (Fsp3) is 0.615. The lowest BCUT2D eigenvalue weighted by Gasteiger charge is -2.16. The van der Waals surface area contributed by atoms with Gasteiger partial charge in [0.25, 0.3) is 5.56 Å². The molecule has 1 heterocycles. The second-order valence-electron chi connectivity index (χ2n) is 4.99. The lowest BCUT2D eigenvalue weighted by Crippen LogP contribution is -2.39. The summed E-state index contributed by atoms with van der Waals surface area (Å²) >= 11 is 0. The summed E-state index contributed by atoms with van der Waals surface area (Å²) < 4.78 is 1.20. The lowest BCUT2D eigenvalue weighted by molar-refractivity contribution is -0.122. The van der Waals surface area contributed by atoms with Crippen LogP contribution >= 0.6 is 0 Å². The Hall–Kier alpha value is -1.85. The maximum absolute atomic E-state index is 11.9. The van der Waals surface area contributed by atoms with Crippen molar-refractivity contribution < 1.29 is 4.79 Å². The van der Waals surface area contributed by atoms with Crippen LogP contribution in [0, 0.1) is 0 Å². The molecule has 0 spiro atoms. The van der Waals surface area contributed by atoms with Crippen molar-refractivity contribution in [3.63, 3.8) is 0 Å². The fourth-order valence-electron chi connectivity index (χ4n) is 2.42. The quantitative estimate of drug-likeness (QED) is 0.775. The number of aromatic nitrogens is 2. The van der Waals surface area contributed by atoms with Gasteiger partial charge in [0.15, 0.2) is 0 Å². The van der Waals surface area contributed by atoms with E-state index in [9.17, 15) is 14.4 Å². The number of hydrogen-bond acceptors (Lipinski definition) is 3. The Labute approximate surface area is 110 Å². The summed E-state index contributed by atoms with van der Waals surface area (Å²) in [6.07, 6.45) is 8.09. The molecule has 1 aliphatic carbocycles. The maximum Gasteiger partial charge on any atom is 0.328 e. The van der Waals surface area contributed by atoms with Crippen LogP contribution < -0.4 is 16.6 Å². The summed E-state index contributed by atoms with van der Waals surface area (Å²) in [6, 6.07) is 1.45. The van der Waals surface area contributed by atoms with Crippen molar-refractivity contribution in [3.8, 4) is 0 Å². The van der Waals surface area contributed by atoms with Crippen molar-refractivity contribution in [1.29, 1.82) is 0 Å². The highest BCUT2D eigenvalue weighted by Gasteiger charge is 2.15. The number of amides is 1. The van der Waals surface area contributed by atoms with Gasteiger partial charge in [-0.15, -0.1) is 0 Å². The highest BCUT2D eigenvalue weighted by Crippen LogP contribution is 2.16. The van der Waals surface area contributed by atoms with Crippen LogP contribution in [0.3, 0.4) is 0 Å². The van der Waals surface area contributed by atoms with E-state index >= 15 is 0 Å². The lowest BCUT2D eigenvalue weighted by atomic mass is 10.1. The predicted molar refractivity (Wildman–Crippen MR) is 71.0 cm³/mol. The zero-order valence-electron chi connectivity index (χ0n) is 10.9. The van der Waals surface area contributed by atoms with Crippen molar-refractivity contribution in [2.24, 2.45) is 0 Å². The van der Waals surface area contributed by atoms with Gasteiger partial charge in [-0.3, -0.25) is 19.1 Å². The second-order valence-corrected chi connectivity index (χ2v) is 4.99. The molecule has 1 aliphatic rings. The first kappa shape index (κ1) is 13.6. The van der Waals surface area contributed by atoms with E-state index < -0.39 is 11.2 Å². The van der Waals surface area contributed by atoms with Crippen molar-refractivity contribution >= 4 is 5.91 Å². The molecule has 0 bridgehead atoms. The molecule has 19 heavy (non-hydrogen) atoms. The average Bonchev–Trinajstić information content (AvgIpc) is 2.61. The molecule has 0 radical (unpaired) electrons. The van der Waals surface area contributed by atoms with Gasteiger partial charge in [-0.2, -0.15) is 0 Å². The molecule has 0 unspecified atom stereocenters. The molecule has 1 aromatic heterocycles. The Balaban J connectivity index is 1.93. The van der Waals surface area contributed by atoms with Crippen LogP contribution in [0.15, 0.2) is 21.9 Å². The Morgan fingerprint density at radius 3 is 2.58 bits per heavy atom. The van der Waals surface area contributed by atoms with Crippen molar-refractivity contribution in [2.45, 2.75) is 51.1 Å². The number of hydrogen-bond donors (Lipinski definition) is 2. The highest BCUT2D eigenvalue weighted by molar-refractivity contribution is 5.76. The third-order valence-corrected chi connectivity index (χ3v) is 3.43. The number of nitrogens with zero attached hydrogens (tertiary/aromatic N) is 1. The molecule has 1 fully saturated rings. The van der Waals surface area contributed by atoms with Gasteiger partial charge in [-0.25, -0.2) is 4.79 Å². The molecule has 0 aromatic carbocycles. The number of nitrogens with one attached hydrogen (secondary N) is 2. The molecule has 2 rings (SSSR count). The maximum atomic E-state index is 11.9. The number of aromatic amines is 1. The molecular weight excluding hydrogens is 246 g/mol. The van der Waals surface area contributed by atoms with E-state index in [0.717, 1.165) is 25.7 Å². The van der Waals surface area contributed by atoms with E-state index in [-0.39, 0.29) is 18.5 Å². The first-order valence-corrected chi connectivity index (χ1v) is 6.74. The molecule has 6 heteroatoms. The van der Waals surface area contributed by atoms with Crippen LogP contribution in [0.1, 0.15) is 38.5 Å². The van der Waals surface area contributed by atoms with E-state index in [1.165, 1.54) is 29.7 Å². The minimum absolute atomic E-state index is 0.0495. The van der Waals surface area contributed by atoms with E-state index in [2.05, 4.69) is 10.3 Å². The Bertz CT molecular complexity index is 539. The van der Waals surface area contributed by atoms with Crippen molar-refractivity contribution in [1.82, 2.24) is 14.9 Å². The van der Waals surface area contributed by atoms with Gasteiger partial charge in [-0.1, -0.05) is 25.7 Å². The molecule has 6 nitrogen and oxygen atoms in total. The smallest absolute Gasteiger partial charge is 0.328 e. The van der Waals surface area contributed by atoms with Gasteiger partial charge in [0.1, 0.15) is 6.54 Å². The molecule has 1 aromatic rings.